The standard InChI is InChI=1S/C24H23NO5S/c26-23(22(18-10-4-1-5-11-18)19-12-6-2-7-13-19)25-21(24(27)28)16-17-31(29,30)20-14-8-3-9-15-20/h1-15,21-22H,16-17H2,(H,25,26)(H,27,28)/t21-/m0/s1. The molecule has 0 spiro atoms. The average molecular weight is 438 g/mol. The molecule has 1 amide bonds. The lowest BCUT2D eigenvalue weighted by atomic mass is 9.90. The first-order valence-electron chi connectivity index (χ1n) is 9.79. The molecule has 3 aromatic carbocycles. The first-order valence-corrected chi connectivity index (χ1v) is 11.4. The Morgan fingerprint density at radius 1 is 0.774 bits per heavy atom. The predicted molar refractivity (Wildman–Crippen MR) is 117 cm³/mol. The maximum absolute atomic E-state index is 13.1. The number of aliphatic carboxylic acids is 1. The first kappa shape index (κ1) is 22.2. The van der Waals surface area contributed by atoms with E-state index in [0.717, 1.165) is 0 Å². The quantitative estimate of drug-likeness (QED) is 0.535. The zero-order chi connectivity index (χ0) is 22.3. The molecule has 160 valence electrons. The van der Waals surface area contributed by atoms with Crippen molar-refractivity contribution in [3.63, 3.8) is 0 Å². The van der Waals surface area contributed by atoms with E-state index in [2.05, 4.69) is 5.32 Å². The number of carboxylic acid groups (broad SMARTS) is 1. The summed E-state index contributed by atoms with van der Waals surface area (Å²) in [5, 5.41) is 12.1. The molecule has 0 aliphatic rings. The van der Waals surface area contributed by atoms with Crippen molar-refractivity contribution < 1.29 is 23.1 Å². The van der Waals surface area contributed by atoms with Crippen LogP contribution in [0.1, 0.15) is 23.5 Å². The van der Waals surface area contributed by atoms with Crippen LogP contribution in [-0.2, 0) is 19.4 Å². The second-order valence-electron chi connectivity index (χ2n) is 7.07. The van der Waals surface area contributed by atoms with Gasteiger partial charge in [-0.2, -0.15) is 0 Å². The van der Waals surface area contributed by atoms with Crippen LogP contribution in [0.2, 0.25) is 0 Å². The smallest absolute Gasteiger partial charge is 0.326 e. The lowest BCUT2D eigenvalue weighted by Gasteiger charge is -2.21. The molecule has 3 aromatic rings. The highest BCUT2D eigenvalue weighted by molar-refractivity contribution is 7.91. The van der Waals surface area contributed by atoms with Gasteiger partial charge in [-0.25, -0.2) is 13.2 Å². The fourth-order valence-electron chi connectivity index (χ4n) is 3.32. The molecule has 2 N–H and O–H groups in total. The number of rotatable bonds is 9. The number of hydrogen-bond donors (Lipinski definition) is 2. The van der Waals surface area contributed by atoms with Gasteiger partial charge in [0.2, 0.25) is 5.91 Å². The van der Waals surface area contributed by atoms with Crippen molar-refractivity contribution in [1.29, 1.82) is 0 Å². The summed E-state index contributed by atoms with van der Waals surface area (Å²) in [6.45, 7) is 0. The molecule has 0 saturated heterocycles. The number of hydrogen-bond acceptors (Lipinski definition) is 4. The van der Waals surface area contributed by atoms with Crippen molar-refractivity contribution >= 4 is 21.7 Å². The molecule has 0 radical (unpaired) electrons. The zero-order valence-corrected chi connectivity index (χ0v) is 17.5. The average Bonchev–Trinajstić information content (AvgIpc) is 2.78. The number of carbonyl (C=O) groups is 2. The molecular weight excluding hydrogens is 414 g/mol. The van der Waals surface area contributed by atoms with E-state index in [-0.39, 0.29) is 11.3 Å². The van der Waals surface area contributed by atoms with Crippen molar-refractivity contribution in [3.05, 3.63) is 102 Å². The van der Waals surface area contributed by atoms with Gasteiger partial charge in [-0.05, 0) is 29.7 Å². The Bertz CT molecular complexity index is 1080. The summed E-state index contributed by atoms with van der Waals surface area (Å²) < 4.78 is 25.0. The Balaban J connectivity index is 1.79. The number of carbonyl (C=O) groups excluding carboxylic acids is 1. The van der Waals surface area contributed by atoms with E-state index < -0.39 is 39.4 Å². The minimum Gasteiger partial charge on any atom is -0.480 e. The van der Waals surface area contributed by atoms with Gasteiger partial charge in [0.1, 0.15) is 6.04 Å². The third-order valence-corrected chi connectivity index (χ3v) is 6.68. The fraction of sp³-hybridized carbons (Fsp3) is 0.167. The molecule has 3 rings (SSSR count). The highest BCUT2D eigenvalue weighted by Crippen LogP contribution is 2.25. The van der Waals surface area contributed by atoms with E-state index in [1.807, 2.05) is 12.1 Å². The van der Waals surface area contributed by atoms with E-state index >= 15 is 0 Å². The van der Waals surface area contributed by atoms with Crippen LogP contribution in [0.5, 0.6) is 0 Å². The molecule has 0 heterocycles. The SMILES string of the molecule is O=C(N[C@@H](CCS(=O)(=O)c1ccccc1)C(=O)O)C(c1ccccc1)c1ccccc1. The van der Waals surface area contributed by atoms with Gasteiger partial charge in [-0.15, -0.1) is 0 Å². The van der Waals surface area contributed by atoms with Gasteiger partial charge in [0, 0.05) is 0 Å². The molecule has 0 aliphatic heterocycles. The molecule has 0 saturated carbocycles. The lowest BCUT2D eigenvalue weighted by Crippen LogP contribution is -2.44. The highest BCUT2D eigenvalue weighted by atomic mass is 32.2. The molecular formula is C24H23NO5S. The van der Waals surface area contributed by atoms with Gasteiger partial charge >= 0.3 is 5.97 Å². The summed E-state index contributed by atoms with van der Waals surface area (Å²) in [6.07, 6.45) is -0.241. The number of carboxylic acids is 1. The number of benzene rings is 3. The third-order valence-electron chi connectivity index (χ3n) is 4.92. The molecule has 0 bridgehead atoms. The molecule has 0 aromatic heterocycles. The summed E-state index contributed by atoms with van der Waals surface area (Å²) in [4.78, 5) is 25.0. The number of amides is 1. The van der Waals surface area contributed by atoms with Crippen molar-refractivity contribution in [2.24, 2.45) is 0 Å². The summed E-state index contributed by atoms with van der Waals surface area (Å²) >= 11 is 0. The van der Waals surface area contributed by atoms with Crippen LogP contribution >= 0.6 is 0 Å². The second kappa shape index (κ2) is 10.0. The van der Waals surface area contributed by atoms with Crippen LogP contribution < -0.4 is 5.32 Å². The monoisotopic (exact) mass is 437 g/mol. The maximum atomic E-state index is 13.1. The van der Waals surface area contributed by atoms with Crippen molar-refractivity contribution in [2.45, 2.75) is 23.3 Å². The van der Waals surface area contributed by atoms with Crippen LogP contribution in [0.4, 0.5) is 0 Å². The van der Waals surface area contributed by atoms with Crippen LogP contribution in [0, 0.1) is 0 Å². The lowest BCUT2D eigenvalue weighted by molar-refractivity contribution is -0.141. The Labute approximate surface area is 181 Å². The van der Waals surface area contributed by atoms with Crippen LogP contribution in [0.25, 0.3) is 0 Å². The summed E-state index contributed by atoms with van der Waals surface area (Å²) in [7, 11) is -3.66. The van der Waals surface area contributed by atoms with Gasteiger partial charge in [-0.1, -0.05) is 78.9 Å². The van der Waals surface area contributed by atoms with E-state index in [0.29, 0.717) is 11.1 Å². The Morgan fingerprint density at radius 2 is 1.23 bits per heavy atom. The van der Waals surface area contributed by atoms with Crippen LogP contribution in [0.3, 0.4) is 0 Å². The molecule has 31 heavy (non-hydrogen) atoms. The second-order valence-corrected chi connectivity index (χ2v) is 9.18. The number of nitrogens with one attached hydrogen (secondary N) is 1. The zero-order valence-electron chi connectivity index (χ0n) is 16.7. The van der Waals surface area contributed by atoms with Gasteiger partial charge in [0.25, 0.3) is 0 Å². The normalized spacial score (nSPS) is 12.3. The molecule has 6 nitrogen and oxygen atoms in total. The Hall–Kier alpha value is -3.45. The molecule has 1 atom stereocenters. The molecule has 0 aliphatic carbocycles. The summed E-state index contributed by atoms with van der Waals surface area (Å²) in [5.41, 5.74) is 1.43. The Morgan fingerprint density at radius 3 is 1.68 bits per heavy atom. The van der Waals surface area contributed by atoms with E-state index in [1.165, 1.54) is 12.1 Å². The predicted octanol–water partition coefficient (Wildman–Crippen LogP) is 3.25. The topological polar surface area (TPSA) is 101 Å². The first-order chi connectivity index (χ1) is 14.9. The van der Waals surface area contributed by atoms with Gasteiger partial charge < -0.3 is 10.4 Å². The van der Waals surface area contributed by atoms with Crippen molar-refractivity contribution in [2.75, 3.05) is 5.75 Å². The van der Waals surface area contributed by atoms with Crippen LogP contribution in [0.15, 0.2) is 95.9 Å². The van der Waals surface area contributed by atoms with Crippen molar-refractivity contribution in [3.8, 4) is 0 Å². The van der Waals surface area contributed by atoms with Gasteiger partial charge in [0.15, 0.2) is 9.84 Å². The third kappa shape index (κ3) is 5.79. The van der Waals surface area contributed by atoms with Crippen LogP contribution in [-0.4, -0.2) is 37.2 Å². The van der Waals surface area contributed by atoms with Crippen molar-refractivity contribution in [1.82, 2.24) is 5.32 Å². The molecule has 7 heteroatoms. The summed E-state index contributed by atoms with van der Waals surface area (Å²) in [6, 6.07) is 24.6. The van der Waals surface area contributed by atoms with Gasteiger partial charge in [0.05, 0.1) is 16.6 Å². The minimum atomic E-state index is -3.66. The highest BCUT2D eigenvalue weighted by Gasteiger charge is 2.29. The Kier molecular flexibility index (Phi) is 7.20. The minimum absolute atomic E-state index is 0.122. The van der Waals surface area contributed by atoms with Gasteiger partial charge in [-0.3, -0.25) is 4.79 Å². The van der Waals surface area contributed by atoms with E-state index in [4.69, 9.17) is 0 Å². The van der Waals surface area contributed by atoms with E-state index in [1.54, 1.807) is 66.7 Å². The fourth-order valence-corrected chi connectivity index (χ4v) is 4.67. The van der Waals surface area contributed by atoms with E-state index in [9.17, 15) is 23.1 Å². The molecule has 0 fully saturated rings. The number of sulfone groups is 1. The molecule has 0 unspecified atom stereocenters. The largest absolute Gasteiger partial charge is 0.480 e. The maximum Gasteiger partial charge on any atom is 0.326 e. The summed E-state index contributed by atoms with van der Waals surface area (Å²) in [5.74, 6) is -2.89.